The lowest BCUT2D eigenvalue weighted by Gasteiger charge is -2.19. The summed E-state index contributed by atoms with van der Waals surface area (Å²) in [6.07, 6.45) is 0.994. The Morgan fingerprint density at radius 2 is 1.75 bits per heavy atom. The van der Waals surface area contributed by atoms with Crippen molar-refractivity contribution in [2.45, 2.75) is 18.1 Å². The molecule has 2 amide bonds. The molecule has 1 aliphatic heterocycles. The summed E-state index contributed by atoms with van der Waals surface area (Å²) in [5, 5.41) is 13.4. The third kappa shape index (κ3) is 6.13. The first-order chi connectivity index (χ1) is 17.4. The molecule has 0 spiro atoms. The van der Waals surface area contributed by atoms with Crippen molar-refractivity contribution in [2.24, 2.45) is 0 Å². The smallest absolute Gasteiger partial charge is 0.264 e. The van der Waals surface area contributed by atoms with Crippen LogP contribution in [0.4, 0.5) is 5.69 Å². The number of halogens is 3. The minimum absolute atomic E-state index is 0.0963. The van der Waals surface area contributed by atoms with Gasteiger partial charge in [0.15, 0.2) is 0 Å². The standard InChI is InChI=1S/C27H20BrCl2N3O2S/c28-19-7-9-20(10-8-19)33-26(35)24(15-18-6-11-22(29)23(30)14-18)36-27(33)21(16-31)25(34)32-13-12-17-4-2-1-3-5-17/h1-11,14,24H,12-13,15H2,(H,32,34). The fraction of sp³-hybridized carbons (Fsp3) is 0.148. The van der Waals surface area contributed by atoms with E-state index in [0.717, 1.165) is 15.6 Å². The number of carbonyl (C=O) groups excluding carboxylic acids is 2. The lowest BCUT2D eigenvalue weighted by Crippen LogP contribution is -2.32. The van der Waals surface area contributed by atoms with Gasteiger partial charge in [0.25, 0.3) is 5.91 Å². The molecule has 1 atom stereocenters. The van der Waals surface area contributed by atoms with Gasteiger partial charge < -0.3 is 5.32 Å². The molecular weight excluding hydrogens is 581 g/mol. The molecule has 182 valence electrons. The van der Waals surface area contributed by atoms with Crippen LogP contribution in [-0.2, 0) is 22.4 Å². The molecule has 1 unspecified atom stereocenters. The van der Waals surface area contributed by atoms with E-state index in [4.69, 9.17) is 23.2 Å². The maximum absolute atomic E-state index is 13.6. The van der Waals surface area contributed by atoms with Crippen molar-refractivity contribution in [3.63, 3.8) is 0 Å². The third-order valence-corrected chi connectivity index (χ3v) is 8.07. The number of nitrogens with zero attached hydrogens (tertiary/aromatic N) is 2. The van der Waals surface area contributed by atoms with Crippen molar-refractivity contribution in [1.82, 2.24) is 5.32 Å². The highest BCUT2D eigenvalue weighted by atomic mass is 79.9. The number of nitrogens with one attached hydrogen (secondary N) is 1. The Morgan fingerprint density at radius 3 is 2.42 bits per heavy atom. The molecule has 0 bridgehead atoms. The first kappa shape index (κ1) is 26.3. The second-order valence-corrected chi connectivity index (χ2v) is 10.9. The molecule has 4 rings (SSSR count). The van der Waals surface area contributed by atoms with Gasteiger partial charge >= 0.3 is 0 Å². The Bertz CT molecular complexity index is 1360. The Labute approximate surface area is 232 Å². The summed E-state index contributed by atoms with van der Waals surface area (Å²) in [5.74, 6) is -0.728. The molecule has 0 aromatic heterocycles. The zero-order valence-electron chi connectivity index (χ0n) is 18.9. The van der Waals surface area contributed by atoms with E-state index in [2.05, 4.69) is 21.2 Å². The molecule has 1 heterocycles. The van der Waals surface area contributed by atoms with Crippen molar-refractivity contribution in [3.05, 3.63) is 109 Å². The van der Waals surface area contributed by atoms with E-state index in [0.29, 0.717) is 40.1 Å². The van der Waals surface area contributed by atoms with Crippen molar-refractivity contribution < 1.29 is 9.59 Å². The molecule has 0 aliphatic carbocycles. The van der Waals surface area contributed by atoms with E-state index in [1.165, 1.54) is 16.7 Å². The van der Waals surface area contributed by atoms with E-state index in [9.17, 15) is 14.9 Å². The lowest BCUT2D eigenvalue weighted by molar-refractivity contribution is -0.117. The van der Waals surface area contributed by atoms with Crippen LogP contribution in [0, 0.1) is 11.3 Å². The van der Waals surface area contributed by atoms with Crippen LogP contribution in [0.1, 0.15) is 11.1 Å². The molecule has 3 aromatic rings. The number of hydrogen-bond donors (Lipinski definition) is 1. The van der Waals surface area contributed by atoms with Gasteiger partial charge in [0.05, 0.1) is 15.3 Å². The third-order valence-electron chi connectivity index (χ3n) is 5.54. The highest BCUT2D eigenvalue weighted by Crippen LogP contribution is 2.42. The molecule has 1 saturated heterocycles. The predicted octanol–water partition coefficient (Wildman–Crippen LogP) is 6.54. The Kier molecular flexibility index (Phi) is 8.76. The van der Waals surface area contributed by atoms with Crippen LogP contribution >= 0.6 is 50.9 Å². The zero-order chi connectivity index (χ0) is 25.7. The number of hydrogen-bond acceptors (Lipinski definition) is 4. The Hall–Kier alpha value is -2.76. The van der Waals surface area contributed by atoms with Crippen LogP contribution in [0.25, 0.3) is 0 Å². The van der Waals surface area contributed by atoms with E-state index in [1.54, 1.807) is 24.3 Å². The average Bonchev–Trinajstić information content (AvgIpc) is 3.18. The summed E-state index contributed by atoms with van der Waals surface area (Å²) in [5.41, 5.74) is 2.39. The Morgan fingerprint density at radius 1 is 1.03 bits per heavy atom. The maximum Gasteiger partial charge on any atom is 0.264 e. The van der Waals surface area contributed by atoms with Crippen molar-refractivity contribution >= 4 is 68.4 Å². The fourth-order valence-corrected chi connectivity index (χ4v) is 5.64. The van der Waals surface area contributed by atoms with Crippen LogP contribution in [0.5, 0.6) is 0 Å². The maximum atomic E-state index is 13.6. The number of thioether (sulfide) groups is 1. The highest BCUT2D eigenvalue weighted by Gasteiger charge is 2.40. The van der Waals surface area contributed by atoms with Crippen LogP contribution in [0.3, 0.4) is 0 Å². The summed E-state index contributed by atoms with van der Waals surface area (Å²) in [7, 11) is 0. The predicted molar refractivity (Wildman–Crippen MR) is 149 cm³/mol. The quantitative estimate of drug-likeness (QED) is 0.247. The first-order valence-corrected chi connectivity index (χ1v) is 13.5. The van der Waals surface area contributed by atoms with Gasteiger partial charge in [-0.05, 0) is 60.4 Å². The summed E-state index contributed by atoms with van der Waals surface area (Å²) in [6.45, 7) is 0.366. The van der Waals surface area contributed by atoms with Crippen molar-refractivity contribution in [3.8, 4) is 6.07 Å². The molecule has 3 aromatic carbocycles. The first-order valence-electron chi connectivity index (χ1n) is 11.0. The number of rotatable bonds is 7. The van der Waals surface area contributed by atoms with Gasteiger partial charge in [-0.2, -0.15) is 5.26 Å². The van der Waals surface area contributed by atoms with E-state index in [1.807, 2.05) is 54.6 Å². The van der Waals surface area contributed by atoms with Crippen LogP contribution < -0.4 is 10.2 Å². The van der Waals surface area contributed by atoms with Gasteiger partial charge in [0.1, 0.15) is 16.7 Å². The van der Waals surface area contributed by atoms with Gasteiger partial charge in [-0.3, -0.25) is 14.5 Å². The highest BCUT2D eigenvalue weighted by molar-refractivity contribution is 9.10. The number of amides is 2. The van der Waals surface area contributed by atoms with Crippen molar-refractivity contribution in [2.75, 3.05) is 11.4 Å². The molecule has 1 fully saturated rings. The molecule has 9 heteroatoms. The fourth-order valence-electron chi connectivity index (χ4n) is 3.75. The van der Waals surface area contributed by atoms with Gasteiger partial charge in [0.2, 0.25) is 5.91 Å². The normalized spacial score (nSPS) is 16.6. The topological polar surface area (TPSA) is 73.2 Å². The van der Waals surface area contributed by atoms with Gasteiger partial charge in [-0.1, -0.05) is 87.3 Å². The molecule has 5 nitrogen and oxygen atoms in total. The van der Waals surface area contributed by atoms with Gasteiger partial charge in [0, 0.05) is 16.7 Å². The molecular formula is C27H20BrCl2N3O2S. The molecule has 1 aliphatic rings. The molecule has 0 saturated carbocycles. The Balaban J connectivity index is 1.62. The number of anilines is 1. The van der Waals surface area contributed by atoms with E-state index < -0.39 is 11.2 Å². The number of nitriles is 1. The van der Waals surface area contributed by atoms with Crippen LogP contribution in [-0.4, -0.2) is 23.6 Å². The summed E-state index contributed by atoms with van der Waals surface area (Å²) in [4.78, 5) is 28.1. The molecule has 0 radical (unpaired) electrons. The van der Waals surface area contributed by atoms with E-state index in [-0.39, 0.29) is 11.5 Å². The zero-order valence-corrected chi connectivity index (χ0v) is 22.8. The minimum Gasteiger partial charge on any atom is -0.351 e. The monoisotopic (exact) mass is 599 g/mol. The van der Waals surface area contributed by atoms with Crippen LogP contribution in [0.15, 0.2) is 87.9 Å². The van der Waals surface area contributed by atoms with Crippen LogP contribution in [0.2, 0.25) is 10.0 Å². The average molecular weight is 601 g/mol. The van der Waals surface area contributed by atoms with Gasteiger partial charge in [-0.15, -0.1) is 0 Å². The summed E-state index contributed by atoms with van der Waals surface area (Å²) >= 11 is 16.8. The SMILES string of the molecule is N#CC(C(=O)NCCc1ccccc1)=C1SC(Cc2ccc(Cl)c(Cl)c2)C(=O)N1c1ccc(Br)cc1. The minimum atomic E-state index is -0.540. The van der Waals surface area contributed by atoms with E-state index >= 15 is 0 Å². The summed E-state index contributed by atoms with van der Waals surface area (Å²) < 4.78 is 0.850. The molecule has 36 heavy (non-hydrogen) atoms. The largest absolute Gasteiger partial charge is 0.351 e. The number of benzene rings is 3. The lowest BCUT2D eigenvalue weighted by atomic mass is 10.1. The summed E-state index contributed by atoms with van der Waals surface area (Å²) in [6, 6.07) is 24.2. The van der Waals surface area contributed by atoms with Crippen molar-refractivity contribution in [1.29, 1.82) is 5.26 Å². The molecule has 1 N–H and O–H groups in total. The second-order valence-electron chi connectivity index (χ2n) is 7.99. The second kappa shape index (κ2) is 12.0. The van der Waals surface area contributed by atoms with Gasteiger partial charge in [-0.25, -0.2) is 0 Å². The number of carbonyl (C=O) groups is 2.